The number of nitriles is 1. The molecule has 0 aliphatic carbocycles. The van der Waals surface area contributed by atoms with E-state index >= 15 is 0 Å². The highest BCUT2D eigenvalue weighted by molar-refractivity contribution is 5.94. The van der Waals surface area contributed by atoms with Gasteiger partial charge in [0.1, 0.15) is 0 Å². The highest BCUT2D eigenvalue weighted by atomic mass is 19.1. The largest absolute Gasteiger partial charge is 0.494 e. The predicted octanol–water partition coefficient (Wildman–Crippen LogP) is 2.85. The van der Waals surface area contributed by atoms with Crippen LogP contribution in [-0.2, 0) is 0 Å². The predicted molar refractivity (Wildman–Crippen MR) is 73.9 cm³/mol. The number of rotatable bonds is 6. The van der Waals surface area contributed by atoms with Crippen molar-refractivity contribution in [3.8, 4) is 11.8 Å². The van der Waals surface area contributed by atoms with Crippen molar-refractivity contribution in [2.24, 2.45) is 5.92 Å². The van der Waals surface area contributed by atoms with E-state index < -0.39 is 5.82 Å². The first-order chi connectivity index (χ1) is 9.49. The van der Waals surface area contributed by atoms with Gasteiger partial charge in [-0.25, -0.2) is 4.39 Å². The van der Waals surface area contributed by atoms with Crippen molar-refractivity contribution in [2.75, 3.05) is 20.2 Å². The van der Waals surface area contributed by atoms with Crippen molar-refractivity contribution < 1.29 is 13.9 Å². The van der Waals surface area contributed by atoms with Gasteiger partial charge in [0.2, 0.25) is 0 Å². The Labute approximate surface area is 118 Å². The number of methoxy groups -OCH3 is 1. The maximum absolute atomic E-state index is 13.6. The van der Waals surface area contributed by atoms with E-state index in [1.165, 1.54) is 25.3 Å². The smallest absolute Gasteiger partial charge is 0.254 e. The van der Waals surface area contributed by atoms with Crippen LogP contribution in [0.15, 0.2) is 18.2 Å². The van der Waals surface area contributed by atoms with Crippen LogP contribution in [0.1, 0.15) is 30.6 Å². The summed E-state index contributed by atoms with van der Waals surface area (Å²) < 4.78 is 18.5. The summed E-state index contributed by atoms with van der Waals surface area (Å²) in [7, 11) is 1.37. The molecule has 0 saturated heterocycles. The molecule has 0 heterocycles. The van der Waals surface area contributed by atoms with Crippen LogP contribution in [0.25, 0.3) is 0 Å². The molecule has 1 aromatic carbocycles. The number of ether oxygens (including phenoxy) is 1. The minimum atomic E-state index is -0.567. The molecule has 0 aliphatic heterocycles. The fourth-order valence-electron chi connectivity index (χ4n) is 1.88. The number of nitrogens with zero attached hydrogens (tertiary/aromatic N) is 2. The van der Waals surface area contributed by atoms with Crippen molar-refractivity contribution in [3.63, 3.8) is 0 Å². The topological polar surface area (TPSA) is 53.3 Å². The minimum Gasteiger partial charge on any atom is -0.494 e. The molecule has 0 fully saturated rings. The normalized spacial score (nSPS) is 10.2. The fourth-order valence-corrected chi connectivity index (χ4v) is 1.88. The second-order valence-corrected chi connectivity index (χ2v) is 4.90. The molecule has 0 unspecified atom stereocenters. The van der Waals surface area contributed by atoms with Crippen molar-refractivity contribution >= 4 is 5.91 Å². The van der Waals surface area contributed by atoms with E-state index in [0.29, 0.717) is 13.1 Å². The third-order valence-electron chi connectivity index (χ3n) is 2.77. The second kappa shape index (κ2) is 7.49. The molecule has 0 aromatic heterocycles. The van der Waals surface area contributed by atoms with Crippen LogP contribution >= 0.6 is 0 Å². The summed E-state index contributed by atoms with van der Waals surface area (Å²) in [6.07, 6.45) is 0.261. The number of carbonyl (C=O) groups is 1. The van der Waals surface area contributed by atoms with Gasteiger partial charge in [-0.05, 0) is 24.1 Å². The summed E-state index contributed by atoms with van der Waals surface area (Å²) in [5.74, 6) is -0.451. The molecule has 0 spiro atoms. The van der Waals surface area contributed by atoms with Gasteiger partial charge in [-0.3, -0.25) is 4.79 Å². The maximum atomic E-state index is 13.6. The van der Waals surface area contributed by atoms with Gasteiger partial charge >= 0.3 is 0 Å². The Morgan fingerprint density at radius 3 is 2.70 bits per heavy atom. The van der Waals surface area contributed by atoms with E-state index in [-0.39, 0.29) is 29.6 Å². The standard InChI is InChI=1S/C15H19FN2O2/c1-11(2)10-18(8-4-7-17)15(19)12-5-6-14(20-3)13(16)9-12/h5-6,9,11H,4,8,10H2,1-3H3. The van der Waals surface area contributed by atoms with Crippen molar-refractivity contribution in [2.45, 2.75) is 20.3 Å². The third-order valence-corrected chi connectivity index (χ3v) is 2.77. The van der Waals surface area contributed by atoms with Gasteiger partial charge in [0.15, 0.2) is 11.6 Å². The summed E-state index contributed by atoms with van der Waals surface area (Å²) >= 11 is 0. The molecule has 1 rings (SSSR count). The van der Waals surface area contributed by atoms with E-state index in [2.05, 4.69) is 0 Å². The fraction of sp³-hybridized carbons (Fsp3) is 0.467. The molecular formula is C15H19FN2O2. The van der Waals surface area contributed by atoms with E-state index in [4.69, 9.17) is 10.00 Å². The summed E-state index contributed by atoms with van der Waals surface area (Å²) in [6, 6.07) is 6.15. The summed E-state index contributed by atoms with van der Waals surface area (Å²) in [5, 5.41) is 8.65. The van der Waals surface area contributed by atoms with Gasteiger partial charge in [0.05, 0.1) is 19.6 Å². The number of hydrogen-bond donors (Lipinski definition) is 0. The van der Waals surface area contributed by atoms with E-state index in [9.17, 15) is 9.18 Å². The van der Waals surface area contributed by atoms with Gasteiger partial charge < -0.3 is 9.64 Å². The Morgan fingerprint density at radius 1 is 1.50 bits per heavy atom. The first-order valence-electron chi connectivity index (χ1n) is 6.49. The molecule has 0 radical (unpaired) electrons. The Bertz CT molecular complexity index is 509. The number of amides is 1. The SMILES string of the molecule is COc1ccc(C(=O)N(CCC#N)CC(C)C)cc1F. The molecule has 1 amide bonds. The first kappa shape index (κ1) is 16.0. The molecular weight excluding hydrogens is 259 g/mol. The average Bonchev–Trinajstić information content (AvgIpc) is 2.42. The van der Waals surface area contributed by atoms with Crippen LogP contribution in [0.2, 0.25) is 0 Å². The van der Waals surface area contributed by atoms with Gasteiger partial charge in [-0.1, -0.05) is 13.8 Å². The number of hydrogen-bond acceptors (Lipinski definition) is 3. The van der Waals surface area contributed by atoms with Crippen LogP contribution in [0.4, 0.5) is 4.39 Å². The van der Waals surface area contributed by atoms with Crippen molar-refractivity contribution in [1.29, 1.82) is 5.26 Å². The van der Waals surface area contributed by atoms with Crippen LogP contribution in [0.3, 0.4) is 0 Å². The third kappa shape index (κ3) is 4.23. The monoisotopic (exact) mass is 278 g/mol. The summed E-state index contributed by atoms with van der Waals surface area (Å²) in [6.45, 7) is 4.86. The lowest BCUT2D eigenvalue weighted by molar-refractivity contribution is 0.0739. The van der Waals surface area contributed by atoms with Gasteiger partial charge in [-0.15, -0.1) is 0 Å². The van der Waals surface area contributed by atoms with Gasteiger partial charge in [0.25, 0.3) is 5.91 Å². The molecule has 1 aromatic rings. The van der Waals surface area contributed by atoms with Gasteiger partial charge in [-0.2, -0.15) is 5.26 Å². The van der Waals surface area contributed by atoms with Crippen LogP contribution < -0.4 is 4.74 Å². The first-order valence-corrected chi connectivity index (χ1v) is 6.49. The Morgan fingerprint density at radius 2 is 2.20 bits per heavy atom. The van der Waals surface area contributed by atoms with Crippen LogP contribution in [0.5, 0.6) is 5.75 Å². The average molecular weight is 278 g/mol. The van der Waals surface area contributed by atoms with Crippen LogP contribution in [-0.4, -0.2) is 31.0 Å². The Balaban J connectivity index is 2.93. The zero-order valence-corrected chi connectivity index (χ0v) is 12.0. The lowest BCUT2D eigenvalue weighted by Crippen LogP contribution is -2.35. The highest BCUT2D eigenvalue weighted by Gasteiger charge is 2.18. The molecule has 20 heavy (non-hydrogen) atoms. The van der Waals surface area contributed by atoms with Crippen molar-refractivity contribution in [1.82, 2.24) is 4.90 Å². The van der Waals surface area contributed by atoms with Gasteiger partial charge in [0, 0.05) is 18.7 Å². The zero-order valence-electron chi connectivity index (χ0n) is 12.0. The summed E-state index contributed by atoms with van der Waals surface area (Å²) in [4.78, 5) is 13.9. The molecule has 0 aliphatic rings. The number of benzene rings is 1. The highest BCUT2D eigenvalue weighted by Crippen LogP contribution is 2.19. The Hall–Kier alpha value is -2.09. The lowest BCUT2D eigenvalue weighted by Gasteiger charge is -2.23. The molecule has 5 heteroatoms. The van der Waals surface area contributed by atoms with E-state index in [1.54, 1.807) is 4.90 Å². The minimum absolute atomic E-state index is 0.106. The molecule has 0 saturated carbocycles. The molecule has 0 bridgehead atoms. The molecule has 0 N–H and O–H groups in total. The Kier molecular flexibility index (Phi) is 5.98. The number of carbonyl (C=O) groups excluding carboxylic acids is 1. The number of halogens is 1. The molecule has 108 valence electrons. The molecule has 4 nitrogen and oxygen atoms in total. The van der Waals surface area contributed by atoms with Crippen LogP contribution in [0, 0.1) is 23.1 Å². The molecule has 0 atom stereocenters. The van der Waals surface area contributed by atoms with E-state index in [0.717, 1.165) is 0 Å². The van der Waals surface area contributed by atoms with Crippen molar-refractivity contribution in [3.05, 3.63) is 29.6 Å². The maximum Gasteiger partial charge on any atom is 0.254 e. The van der Waals surface area contributed by atoms with E-state index in [1.807, 2.05) is 19.9 Å². The second-order valence-electron chi connectivity index (χ2n) is 4.90. The quantitative estimate of drug-likeness (QED) is 0.804. The zero-order chi connectivity index (χ0) is 15.1. The summed E-state index contributed by atoms with van der Waals surface area (Å²) in [5.41, 5.74) is 0.266. The lowest BCUT2D eigenvalue weighted by atomic mass is 10.1.